The third kappa shape index (κ3) is 2.73. The topological polar surface area (TPSA) is 44.9 Å². The van der Waals surface area contributed by atoms with Crippen molar-refractivity contribution in [2.45, 2.75) is 39.2 Å². The molecule has 3 nitrogen and oxygen atoms in total. The molecule has 1 amide bonds. The van der Waals surface area contributed by atoms with Gasteiger partial charge >= 0.3 is 0 Å². The average Bonchev–Trinajstić information content (AvgIpc) is 2.82. The molecule has 3 heteroatoms. The Kier molecular flexibility index (Phi) is 4.03. The number of para-hydroxylation sites is 1. The van der Waals surface area contributed by atoms with E-state index < -0.39 is 0 Å². The number of H-pyrrole nitrogens is 1. The maximum atomic E-state index is 12.1. The van der Waals surface area contributed by atoms with Crippen LogP contribution < -0.4 is 5.32 Å². The second-order valence-corrected chi connectivity index (χ2v) is 4.64. The number of rotatable bonds is 5. The van der Waals surface area contributed by atoms with Gasteiger partial charge in [-0.1, -0.05) is 38.5 Å². The molecule has 1 aromatic carbocycles. The van der Waals surface area contributed by atoms with E-state index in [9.17, 15) is 4.79 Å². The summed E-state index contributed by atoms with van der Waals surface area (Å²) in [4.78, 5) is 15.3. The van der Waals surface area contributed by atoms with E-state index in [4.69, 9.17) is 0 Å². The Labute approximate surface area is 108 Å². The van der Waals surface area contributed by atoms with Crippen molar-refractivity contribution >= 4 is 16.8 Å². The van der Waals surface area contributed by atoms with Crippen LogP contribution in [0.2, 0.25) is 0 Å². The molecule has 1 aromatic heterocycles. The van der Waals surface area contributed by atoms with Crippen molar-refractivity contribution in [1.29, 1.82) is 0 Å². The number of amides is 1. The van der Waals surface area contributed by atoms with E-state index in [1.807, 2.05) is 30.3 Å². The normalized spacial score (nSPS) is 12.6. The largest absolute Gasteiger partial charge is 0.351 e. The monoisotopic (exact) mass is 244 g/mol. The maximum absolute atomic E-state index is 12.1. The summed E-state index contributed by atoms with van der Waals surface area (Å²) in [5, 5.41) is 4.15. The lowest BCUT2D eigenvalue weighted by molar-refractivity contribution is 0.0929. The quantitative estimate of drug-likeness (QED) is 0.831. The van der Waals surface area contributed by atoms with E-state index >= 15 is 0 Å². The molecule has 96 valence electrons. The highest BCUT2D eigenvalue weighted by Crippen LogP contribution is 2.15. The number of hydrogen-bond acceptors (Lipinski definition) is 1. The molecule has 18 heavy (non-hydrogen) atoms. The molecule has 0 aliphatic rings. The van der Waals surface area contributed by atoms with Gasteiger partial charge in [-0.25, -0.2) is 0 Å². The van der Waals surface area contributed by atoms with Crippen LogP contribution >= 0.6 is 0 Å². The summed E-state index contributed by atoms with van der Waals surface area (Å²) >= 11 is 0. The summed E-state index contributed by atoms with van der Waals surface area (Å²) in [5.41, 5.74) is 1.65. The molecule has 0 fully saturated rings. The van der Waals surface area contributed by atoms with Crippen molar-refractivity contribution in [1.82, 2.24) is 10.3 Å². The van der Waals surface area contributed by atoms with Crippen molar-refractivity contribution in [3.05, 3.63) is 36.0 Å². The molecular weight excluding hydrogens is 224 g/mol. The van der Waals surface area contributed by atoms with E-state index in [0.29, 0.717) is 5.69 Å². The minimum Gasteiger partial charge on any atom is -0.351 e. The number of aromatic amines is 1. The van der Waals surface area contributed by atoms with E-state index in [1.165, 1.54) is 0 Å². The van der Waals surface area contributed by atoms with Crippen LogP contribution in [0.5, 0.6) is 0 Å². The van der Waals surface area contributed by atoms with Crippen LogP contribution in [-0.2, 0) is 0 Å². The molecule has 0 saturated heterocycles. The first-order chi connectivity index (χ1) is 8.74. The minimum atomic E-state index is -0.00787. The molecule has 0 aliphatic heterocycles. The van der Waals surface area contributed by atoms with Crippen LogP contribution in [0.1, 0.15) is 43.6 Å². The Morgan fingerprint density at radius 2 is 2.11 bits per heavy atom. The molecule has 1 heterocycles. The SMILES string of the molecule is CCCC(CC)NC(=O)c1cc2ccccc2[nH]1. The second kappa shape index (κ2) is 5.71. The highest BCUT2D eigenvalue weighted by Gasteiger charge is 2.13. The molecule has 0 radical (unpaired) electrons. The zero-order valence-electron chi connectivity index (χ0n) is 11.0. The third-order valence-corrected chi connectivity index (χ3v) is 3.24. The lowest BCUT2D eigenvalue weighted by atomic mass is 10.1. The van der Waals surface area contributed by atoms with Crippen LogP contribution in [0, 0.1) is 0 Å². The van der Waals surface area contributed by atoms with Crippen LogP contribution in [0.15, 0.2) is 30.3 Å². The fourth-order valence-electron chi connectivity index (χ4n) is 2.19. The summed E-state index contributed by atoms with van der Waals surface area (Å²) in [6, 6.07) is 10.1. The van der Waals surface area contributed by atoms with Gasteiger partial charge in [-0.05, 0) is 25.0 Å². The first kappa shape index (κ1) is 12.7. The lowest BCUT2D eigenvalue weighted by Gasteiger charge is -2.15. The van der Waals surface area contributed by atoms with Gasteiger partial charge in [0.15, 0.2) is 0 Å². The molecule has 0 bridgehead atoms. The number of carbonyl (C=O) groups is 1. The summed E-state index contributed by atoms with van der Waals surface area (Å²) < 4.78 is 0. The van der Waals surface area contributed by atoms with E-state index in [2.05, 4.69) is 24.1 Å². The highest BCUT2D eigenvalue weighted by atomic mass is 16.1. The highest BCUT2D eigenvalue weighted by molar-refractivity contribution is 5.98. The average molecular weight is 244 g/mol. The van der Waals surface area contributed by atoms with Gasteiger partial charge in [0.2, 0.25) is 0 Å². The number of benzene rings is 1. The smallest absolute Gasteiger partial charge is 0.267 e. The third-order valence-electron chi connectivity index (χ3n) is 3.24. The Bertz CT molecular complexity index is 497. The first-order valence-corrected chi connectivity index (χ1v) is 6.63. The predicted molar refractivity (Wildman–Crippen MR) is 74.8 cm³/mol. The van der Waals surface area contributed by atoms with Gasteiger partial charge in [-0.2, -0.15) is 0 Å². The number of fused-ring (bicyclic) bond motifs is 1. The molecule has 0 aliphatic carbocycles. The molecular formula is C15H20N2O. The van der Waals surface area contributed by atoms with Crippen LogP contribution in [0.25, 0.3) is 10.9 Å². The van der Waals surface area contributed by atoms with Crippen molar-refractivity contribution in [2.24, 2.45) is 0 Å². The first-order valence-electron chi connectivity index (χ1n) is 6.63. The van der Waals surface area contributed by atoms with Crippen molar-refractivity contribution in [3.8, 4) is 0 Å². The summed E-state index contributed by atoms with van der Waals surface area (Å²) in [5.74, 6) is -0.00787. The van der Waals surface area contributed by atoms with Crippen LogP contribution in [-0.4, -0.2) is 16.9 Å². The summed E-state index contributed by atoms with van der Waals surface area (Å²) in [6.45, 7) is 4.24. The van der Waals surface area contributed by atoms with Gasteiger partial charge < -0.3 is 10.3 Å². The van der Waals surface area contributed by atoms with Crippen LogP contribution in [0.4, 0.5) is 0 Å². The van der Waals surface area contributed by atoms with Gasteiger partial charge in [0, 0.05) is 16.9 Å². The number of hydrogen-bond donors (Lipinski definition) is 2. The molecule has 1 unspecified atom stereocenters. The van der Waals surface area contributed by atoms with Crippen molar-refractivity contribution in [3.63, 3.8) is 0 Å². The van der Waals surface area contributed by atoms with Gasteiger partial charge in [0.25, 0.3) is 5.91 Å². The molecule has 0 saturated carbocycles. The Balaban J connectivity index is 2.13. The zero-order valence-corrected chi connectivity index (χ0v) is 11.0. The Morgan fingerprint density at radius 1 is 1.33 bits per heavy atom. The standard InChI is InChI=1S/C15H20N2O/c1-3-7-12(4-2)16-15(18)14-10-11-8-5-6-9-13(11)17-14/h5-6,8-10,12,17H,3-4,7H2,1-2H3,(H,16,18). The molecule has 2 N–H and O–H groups in total. The van der Waals surface area contributed by atoms with E-state index in [0.717, 1.165) is 30.2 Å². The van der Waals surface area contributed by atoms with Gasteiger partial charge in [-0.15, -0.1) is 0 Å². The minimum absolute atomic E-state index is 0.00787. The Hall–Kier alpha value is -1.77. The van der Waals surface area contributed by atoms with Gasteiger partial charge in [-0.3, -0.25) is 4.79 Å². The lowest BCUT2D eigenvalue weighted by Crippen LogP contribution is -2.34. The predicted octanol–water partition coefficient (Wildman–Crippen LogP) is 3.48. The van der Waals surface area contributed by atoms with Gasteiger partial charge in [0.1, 0.15) is 5.69 Å². The summed E-state index contributed by atoms with van der Waals surface area (Å²) in [6.07, 6.45) is 3.09. The Morgan fingerprint density at radius 3 is 2.78 bits per heavy atom. The maximum Gasteiger partial charge on any atom is 0.267 e. The second-order valence-electron chi connectivity index (χ2n) is 4.64. The zero-order chi connectivity index (χ0) is 13.0. The van der Waals surface area contributed by atoms with E-state index in [1.54, 1.807) is 0 Å². The molecule has 2 aromatic rings. The molecule has 1 atom stereocenters. The number of carbonyl (C=O) groups excluding carboxylic acids is 1. The molecule has 2 rings (SSSR count). The fourth-order valence-corrected chi connectivity index (χ4v) is 2.19. The van der Waals surface area contributed by atoms with Gasteiger partial charge in [0.05, 0.1) is 0 Å². The van der Waals surface area contributed by atoms with E-state index in [-0.39, 0.29) is 11.9 Å². The number of nitrogens with one attached hydrogen (secondary N) is 2. The van der Waals surface area contributed by atoms with Crippen molar-refractivity contribution < 1.29 is 4.79 Å². The molecule has 0 spiro atoms. The fraction of sp³-hybridized carbons (Fsp3) is 0.400. The summed E-state index contributed by atoms with van der Waals surface area (Å²) in [7, 11) is 0. The van der Waals surface area contributed by atoms with Crippen molar-refractivity contribution in [2.75, 3.05) is 0 Å². The number of aromatic nitrogens is 1. The van der Waals surface area contributed by atoms with Crippen LogP contribution in [0.3, 0.4) is 0 Å².